The Morgan fingerprint density at radius 3 is 1.37 bits per heavy atom. The van der Waals surface area contributed by atoms with Crippen LogP contribution >= 0.6 is 0 Å². The van der Waals surface area contributed by atoms with Gasteiger partial charge in [-0.2, -0.15) is 0 Å². The molecule has 0 bridgehead atoms. The number of carboxylic acid groups (broad SMARTS) is 2. The summed E-state index contributed by atoms with van der Waals surface area (Å²) in [6.07, 6.45) is 1.21. The van der Waals surface area contributed by atoms with E-state index < -0.39 is 46.9 Å². The normalized spacial score (nSPS) is 11.7. The highest BCUT2D eigenvalue weighted by molar-refractivity contribution is 6.67. The van der Waals surface area contributed by atoms with Gasteiger partial charge >= 0.3 is 29.3 Å². The summed E-state index contributed by atoms with van der Waals surface area (Å²) in [5.74, 6) is -4.80. The van der Waals surface area contributed by atoms with Crippen molar-refractivity contribution in [3.63, 3.8) is 0 Å². The van der Waals surface area contributed by atoms with Crippen molar-refractivity contribution >= 4 is 46.9 Å². The lowest BCUT2D eigenvalue weighted by atomic mass is 9.95. The molecule has 15 nitrogen and oxygen atoms in total. The number of carboxylic acids is 2. The van der Waals surface area contributed by atoms with Crippen LogP contribution in [0.1, 0.15) is 105 Å². The fourth-order valence-electron chi connectivity index (χ4n) is 5.63. The van der Waals surface area contributed by atoms with Crippen molar-refractivity contribution in [2.45, 2.75) is 59.5 Å². The molecule has 0 saturated heterocycles. The molecule has 0 fully saturated rings. The molecule has 2 amide bonds. The Morgan fingerprint density at radius 1 is 0.596 bits per heavy atom. The molecule has 2 aromatic rings. The second-order valence-electron chi connectivity index (χ2n) is 11.4. The Bertz CT molecular complexity index is 1380. The van der Waals surface area contributed by atoms with Gasteiger partial charge in [-0.25, -0.2) is 9.59 Å². The Balaban J connectivity index is 2.27. The van der Waals surface area contributed by atoms with Crippen LogP contribution in [0.2, 0.25) is 12.1 Å². The lowest BCUT2D eigenvalue weighted by Gasteiger charge is -2.29. The fraction of sp³-hybridized carbons (Fsp3) is 0.514. The maximum Gasteiger partial charge on any atom is 0.500 e. The third kappa shape index (κ3) is 12.7. The number of nitrogens with one attached hydrogen (secondary N) is 2. The van der Waals surface area contributed by atoms with E-state index in [1.165, 1.54) is 24.3 Å². The Labute approximate surface area is 306 Å². The van der Waals surface area contributed by atoms with Crippen LogP contribution in [0.4, 0.5) is 0 Å². The molecule has 52 heavy (non-hydrogen) atoms. The van der Waals surface area contributed by atoms with Crippen molar-refractivity contribution in [2.24, 2.45) is 0 Å². The van der Waals surface area contributed by atoms with E-state index in [1.807, 2.05) is 34.6 Å². The Morgan fingerprint density at radius 2 is 1.00 bits per heavy atom. The van der Waals surface area contributed by atoms with Crippen molar-refractivity contribution in [3.8, 4) is 0 Å². The summed E-state index contributed by atoms with van der Waals surface area (Å²) in [5, 5.41) is 25.0. The zero-order chi connectivity index (χ0) is 38.7. The molecule has 4 N–H and O–H groups in total. The monoisotopic (exact) mass is 764 g/mol. The van der Waals surface area contributed by atoms with Gasteiger partial charge in [-0.3, -0.25) is 14.4 Å². The zero-order valence-electron chi connectivity index (χ0n) is 30.8. The number of amides is 2. The molecule has 0 radical (unpaired) electrons. The highest BCUT2D eigenvalue weighted by Crippen LogP contribution is 2.22. The fourth-order valence-corrected chi connectivity index (χ4v) is 11.1. The first-order valence-corrected chi connectivity index (χ1v) is 21.6. The Hall–Kier alpha value is -3.82. The number of ketones is 1. The standard InChI is InChI=1S/C35H52N2O13Si2/c1-7-46-51(24-45-6,47-8-2)20-12-18-36-32(39)29-22-25(14-16-27(29)34(41)42)31(38)26-15-17-28(35(43)44)30(23-26)33(40)37-19-13-21-52(48-9-3,49-10-4)50-11-5/h14-17,22-23H,7-13,18-21,24H2,1-6H3,(H,36,39)(H,37,40)(H,41,42)(H,43,44). The quantitative estimate of drug-likeness (QED) is 0.0600. The predicted molar refractivity (Wildman–Crippen MR) is 195 cm³/mol. The maximum atomic E-state index is 13.6. The smallest absolute Gasteiger partial charge is 0.478 e. The average molecular weight is 765 g/mol. The van der Waals surface area contributed by atoms with E-state index in [0.717, 1.165) is 12.1 Å². The number of hydrogen-bond acceptors (Lipinski definition) is 11. The van der Waals surface area contributed by atoms with Gasteiger partial charge < -0.3 is 47.7 Å². The third-order valence-corrected chi connectivity index (χ3v) is 14.4. The number of carbonyl (C=O) groups excluding carboxylic acids is 3. The molecule has 0 heterocycles. The van der Waals surface area contributed by atoms with E-state index >= 15 is 0 Å². The number of benzene rings is 2. The molecular weight excluding hydrogens is 713 g/mol. The Kier molecular flexibility index (Phi) is 19.0. The summed E-state index contributed by atoms with van der Waals surface area (Å²) in [6, 6.07) is 8.09. The molecule has 288 valence electrons. The van der Waals surface area contributed by atoms with Crippen LogP contribution in [0.3, 0.4) is 0 Å². The molecule has 2 aromatic carbocycles. The first kappa shape index (κ1) is 44.3. The van der Waals surface area contributed by atoms with Crippen LogP contribution in [0.5, 0.6) is 0 Å². The average Bonchev–Trinajstić information content (AvgIpc) is 3.11. The molecule has 0 aliphatic heterocycles. The number of aromatic carboxylic acids is 2. The molecule has 0 spiro atoms. The van der Waals surface area contributed by atoms with Crippen molar-refractivity contribution in [2.75, 3.05) is 59.5 Å². The molecule has 0 aliphatic carbocycles. The van der Waals surface area contributed by atoms with Gasteiger partial charge in [-0.1, -0.05) is 12.1 Å². The molecule has 0 aliphatic rings. The molecule has 17 heteroatoms. The van der Waals surface area contributed by atoms with Gasteiger partial charge in [0.2, 0.25) is 0 Å². The van der Waals surface area contributed by atoms with Crippen molar-refractivity contribution < 1.29 is 61.1 Å². The van der Waals surface area contributed by atoms with Gasteiger partial charge in [0, 0.05) is 70.4 Å². The molecule has 2 rings (SSSR count). The van der Waals surface area contributed by atoms with E-state index in [9.17, 15) is 34.2 Å². The van der Waals surface area contributed by atoms with Crippen molar-refractivity contribution in [1.82, 2.24) is 10.6 Å². The van der Waals surface area contributed by atoms with Crippen LogP contribution < -0.4 is 10.6 Å². The van der Waals surface area contributed by atoms with Gasteiger partial charge in [0.25, 0.3) is 11.8 Å². The van der Waals surface area contributed by atoms with E-state index in [1.54, 1.807) is 7.11 Å². The summed E-state index contributed by atoms with van der Waals surface area (Å²) < 4.78 is 34.7. The second kappa shape index (κ2) is 22.3. The lowest BCUT2D eigenvalue weighted by Crippen LogP contribution is -2.47. The van der Waals surface area contributed by atoms with Gasteiger partial charge in [0.15, 0.2) is 5.78 Å². The summed E-state index contributed by atoms with van der Waals surface area (Å²) in [6.45, 7) is 11.6. The first-order chi connectivity index (χ1) is 24.9. The highest BCUT2D eigenvalue weighted by atomic mass is 28.4. The topological polar surface area (TPSA) is 205 Å². The van der Waals surface area contributed by atoms with E-state index in [0.29, 0.717) is 64.2 Å². The summed E-state index contributed by atoms with van der Waals surface area (Å²) >= 11 is 0. The van der Waals surface area contributed by atoms with Crippen molar-refractivity contribution in [3.05, 3.63) is 69.8 Å². The van der Waals surface area contributed by atoms with Gasteiger partial charge in [-0.15, -0.1) is 0 Å². The largest absolute Gasteiger partial charge is 0.500 e. The lowest BCUT2D eigenvalue weighted by molar-refractivity contribution is 0.0682. The predicted octanol–water partition coefficient (Wildman–Crippen LogP) is 4.30. The van der Waals surface area contributed by atoms with E-state index in [2.05, 4.69) is 10.6 Å². The van der Waals surface area contributed by atoms with E-state index in [-0.39, 0.29) is 46.5 Å². The van der Waals surface area contributed by atoms with Crippen molar-refractivity contribution in [1.29, 1.82) is 0 Å². The van der Waals surface area contributed by atoms with Gasteiger partial charge in [0.05, 0.1) is 28.5 Å². The number of hydrogen-bond donors (Lipinski definition) is 4. The molecule has 0 aromatic heterocycles. The highest BCUT2D eigenvalue weighted by Gasteiger charge is 2.40. The van der Waals surface area contributed by atoms with Crippen LogP contribution in [-0.4, -0.2) is 117 Å². The minimum Gasteiger partial charge on any atom is -0.478 e. The zero-order valence-corrected chi connectivity index (χ0v) is 32.8. The minimum absolute atomic E-state index is 0.0344. The maximum absolute atomic E-state index is 13.6. The first-order valence-electron chi connectivity index (χ1n) is 17.4. The SMILES string of the molecule is CCO[Si](CCCNC(=O)c1cc(C(=O)c2ccc(C(=O)O)c(C(=O)NCCC[Si](OCC)(OCC)OCC)c2)ccc1C(=O)O)(COC)OCC. The molecular formula is C35H52N2O13Si2. The minimum atomic E-state index is -2.96. The summed E-state index contributed by atoms with van der Waals surface area (Å²) in [4.78, 5) is 64.1. The van der Waals surface area contributed by atoms with Crippen LogP contribution in [-0.2, 0) is 26.9 Å². The summed E-state index contributed by atoms with van der Waals surface area (Å²) in [5.41, 5.74) is -1.18. The molecule has 0 atom stereocenters. The molecule has 0 saturated carbocycles. The number of methoxy groups -OCH3 is 1. The number of carbonyl (C=O) groups is 5. The van der Waals surface area contributed by atoms with Crippen LogP contribution in [0.15, 0.2) is 36.4 Å². The van der Waals surface area contributed by atoms with Gasteiger partial charge in [0.1, 0.15) is 0 Å². The van der Waals surface area contributed by atoms with E-state index in [4.69, 9.17) is 26.9 Å². The van der Waals surface area contributed by atoms with Crippen LogP contribution in [0.25, 0.3) is 0 Å². The number of ether oxygens (including phenoxy) is 1. The van der Waals surface area contributed by atoms with Gasteiger partial charge in [-0.05, 0) is 77.8 Å². The second-order valence-corrected chi connectivity index (χ2v) is 17.3. The number of rotatable bonds is 26. The third-order valence-electron chi connectivity index (χ3n) is 7.75. The summed E-state index contributed by atoms with van der Waals surface area (Å²) in [7, 11) is -4.08. The van der Waals surface area contributed by atoms with Crippen LogP contribution in [0, 0.1) is 0 Å². The molecule has 0 unspecified atom stereocenters.